The molecule has 3 aromatic rings. The van der Waals surface area contributed by atoms with Crippen LogP contribution in [0, 0.1) is 0 Å². The molecule has 0 aliphatic carbocycles. The zero-order valence-corrected chi connectivity index (χ0v) is 13.4. The molecule has 0 saturated carbocycles. The van der Waals surface area contributed by atoms with Crippen LogP contribution < -0.4 is 11.1 Å². The minimum absolute atomic E-state index is 0.134. The van der Waals surface area contributed by atoms with E-state index < -0.39 is 0 Å². The van der Waals surface area contributed by atoms with E-state index in [2.05, 4.69) is 35.7 Å². The van der Waals surface area contributed by atoms with Gasteiger partial charge in [0, 0.05) is 18.0 Å². The van der Waals surface area contributed by atoms with Crippen LogP contribution in [0.1, 0.15) is 5.82 Å². The number of H-pyrrole nitrogens is 1. The van der Waals surface area contributed by atoms with Gasteiger partial charge in [-0.15, -0.1) is 10.2 Å². The highest BCUT2D eigenvalue weighted by molar-refractivity contribution is 8.01. The molecule has 0 radical (unpaired) electrons. The third-order valence-corrected chi connectivity index (χ3v) is 4.56. The molecule has 3 aromatic heterocycles. The molecule has 0 bridgehead atoms. The summed E-state index contributed by atoms with van der Waals surface area (Å²) in [4.78, 5) is 20.1. The van der Waals surface area contributed by atoms with Crippen LogP contribution in [-0.4, -0.2) is 42.0 Å². The number of aromatic amines is 1. The van der Waals surface area contributed by atoms with Gasteiger partial charge in [0.05, 0.1) is 12.3 Å². The number of nitrogens with zero attached hydrogens (tertiary/aromatic N) is 5. The number of nitrogen functional groups attached to an aromatic ring is 1. The molecule has 9 nitrogen and oxygen atoms in total. The van der Waals surface area contributed by atoms with Crippen LogP contribution in [0.15, 0.2) is 28.9 Å². The van der Waals surface area contributed by atoms with Crippen LogP contribution in [0.5, 0.6) is 0 Å². The third-order valence-electron chi connectivity index (χ3n) is 2.67. The van der Waals surface area contributed by atoms with Gasteiger partial charge in [-0.1, -0.05) is 23.1 Å². The number of hydrogen-bond acceptors (Lipinski definition) is 9. The van der Waals surface area contributed by atoms with Crippen molar-refractivity contribution in [1.29, 1.82) is 0 Å². The van der Waals surface area contributed by atoms with Gasteiger partial charge in [0.15, 0.2) is 10.2 Å². The van der Waals surface area contributed by atoms with E-state index in [1.165, 1.54) is 23.1 Å². The Morgan fingerprint density at radius 2 is 2.17 bits per heavy atom. The lowest BCUT2D eigenvalue weighted by molar-refractivity contribution is -0.118. The molecule has 23 heavy (non-hydrogen) atoms. The maximum Gasteiger partial charge on any atom is 0.230 e. The highest BCUT2D eigenvalue weighted by atomic mass is 32.2. The average Bonchev–Trinajstić information content (AvgIpc) is 3.21. The Balaban J connectivity index is 1.48. The van der Waals surface area contributed by atoms with E-state index in [4.69, 9.17) is 5.73 Å². The fourth-order valence-corrected chi connectivity index (χ4v) is 3.11. The number of amides is 1. The second kappa shape index (κ2) is 7.15. The summed E-state index contributed by atoms with van der Waals surface area (Å²) >= 11 is 2.54. The summed E-state index contributed by atoms with van der Waals surface area (Å²) in [6.45, 7) is 0.274. The Bertz CT molecular complexity index is 787. The molecule has 0 aliphatic rings. The monoisotopic (exact) mass is 348 g/mol. The van der Waals surface area contributed by atoms with Crippen LogP contribution in [0.2, 0.25) is 0 Å². The molecular weight excluding hydrogens is 336 g/mol. The lowest BCUT2D eigenvalue weighted by atomic mass is 10.2. The maximum absolute atomic E-state index is 11.8. The molecule has 0 aromatic carbocycles. The van der Waals surface area contributed by atoms with Gasteiger partial charge in [0.1, 0.15) is 5.82 Å². The first kappa shape index (κ1) is 15.4. The van der Waals surface area contributed by atoms with E-state index in [-0.39, 0.29) is 18.2 Å². The van der Waals surface area contributed by atoms with Crippen molar-refractivity contribution in [3.05, 3.63) is 30.4 Å². The molecule has 0 spiro atoms. The number of nitrogens with one attached hydrogen (secondary N) is 2. The number of thioether (sulfide) groups is 1. The summed E-state index contributed by atoms with van der Waals surface area (Å²) in [6.07, 6.45) is 3.34. The summed E-state index contributed by atoms with van der Waals surface area (Å²) in [7, 11) is 0. The van der Waals surface area contributed by atoms with Crippen molar-refractivity contribution >= 4 is 34.1 Å². The normalized spacial score (nSPS) is 10.6. The molecule has 0 aliphatic heterocycles. The summed E-state index contributed by atoms with van der Waals surface area (Å²) in [6, 6.07) is 3.63. The maximum atomic E-state index is 11.8. The van der Waals surface area contributed by atoms with Gasteiger partial charge in [-0.2, -0.15) is 5.10 Å². The van der Waals surface area contributed by atoms with Crippen molar-refractivity contribution in [2.75, 3.05) is 11.5 Å². The van der Waals surface area contributed by atoms with Crippen LogP contribution in [0.25, 0.3) is 11.4 Å². The van der Waals surface area contributed by atoms with E-state index in [1.54, 1.807) is 12.4 Å². The number of aromatic nitrogens is 6. The Labute approximate surface area is 139 Å². The number of rotatable bonds is 6. The largest absolute Gasteiger partial charge is 0.374 e. The van der Waals surface area contributed by atoms with Gasteiger partial charge < -0.3 is 11.1 Å². The zero-order chi connectivity index (χ0) is 16.1. The van der Waals surface area contributed by atoms with Crippen molar-refractivity contribution in [3.63, 3.8) is 0 Å². The molecule has 4 N–H and O–H groups in total. The van der Waals surface area contributed by atoms with E-state index in [9.17, 15) is 4.79 Å². The van der Waals surface area contributed by atoms with Gasteiger partial charge in [0.25, 0.3) is 0 Å². The fraction of sp³-hybridized carbons (Fsp3) is 0.167. The van der Waals surface area contributed by atoms with Crippen molar-refractivity contribution in [2.24, 2.45) is 0 Å². The minimum atomic E-state index is -0.134. The topological polar surface area (TPSA) is 135 Å². The molecule has 0 unspecified atom stereocenters. The van der Waals surface area contributed by atoms with Crippen molar-refractivity contribution in [1.82, 2.24) is 35.7 Å². The third kappa shape index (κ3) is 4.23. The fourth-order valence-electron chi connectivity index (χ4n) is 1.64. The first-order valence-electron chi connectivity index (χ1n) is 6.51. The van der Waals surface area contributed by atoms with Crippen molar-refractivity contribution in [2.45, 2.75) is 10.9 Å². The molecule has 0 saturated heterocycles. The Morgan fingerprint density at radius 1 is 1.35 bits per heavy atom. The smallest absolute Gasteiger partial charge is 0.230 e. The first-order chi connectivity index (χ1) is 11.2. The van der Waals surface area contributed by atoms with Gasteiger partial charge in [-0.25, -0.2) is 4.98 Å². The van der Waals surface area contributed by atoms with E-state index in [1.807, 2.05) is 12.1 Å². The standard InChI is InChI=1S/C12H12N8OS2/c13-11-19-20-12(23-11)22-6-9(21)15-5-8-16-10(18-17-8)7-1-3-14-4-2-7/h1-4H,5-6H2,(H2,13,19)(H,15,21)(H,16,17,18). The lowest BCUT2D eigenvalue weighted by Crippen LogP contribution is -2.25. The summed E-state index contributed by atoms with van der Waals surface area (Å²) in [5.41, 5.74) is 6.34. The van der Waals surface area contributed by atoms with Crippen LogP contribution in [0.4, 0.5) is 5.13 Å². The molecule has 0 atom stereocenters. The van der Waals surface area contributed by atoms with Crippen molar-refractivity contribution in [3.8, 4) is 11.4 Å². The van der Waals surface area contributed by atoms with Gasteiger partial charge in [0.2, 0.25) is 11.0 Å². The number of hydrogen-bond donors (Lipinski definition) is 3. The number of carbonyl (C=O) groups excluding carboxylic acids is 1. The predicted octanol–water partition coefficient (Wildman–Crippen LogP) is 0.709. The van der Waals surface area contributed by atoms with Gasteiger partial charge in [-0.05, 0) is 12.1 Å². The van der Waals surface area contributed by atoms with Crippen LogP contribution >= 0.6 is 23.1 Å². The second-order valence-electron chi connectivity index (χ2n) is 4.31. The average molecular weight is 348 g/mol. The molecule has 1 amide bonds. The molecule has 0 fully saturated rings. The lowest BCUT2D eigenvalue weighted by Gasteiger charge is -2.00. The van der Waals surface area contributed by atoms with Crippen LogP contribution in [-0.2, 0) is 11.3 Å². The minimum Gasteiger partial charge on any atom is -0.374 e. The van der Waals surface area contributed by atoms with Crippen molar-refractivity contribution < 1.29 is 4.79 Å². The highest BCUT2D eigenvalue weighted by Gasteiger charge is 2.09. The number of nitrogens with two attached hydrogens (primary N) is 1. The van der Waals surface area contributed by atoms with E-state index in [0.717, 1.165) is 5.56 Å². The molecule has 11 heteroatoms. The number of carbonyl (C=O) groups is 1. The number of pyridine rings is 1. The van der Waals surface area contributed by atoms with E-state index in [0.29, 0.717) is 21.1 Å². The van der Waals surface area contributed by atoms with E-state index >= 15 is 0 Å². The highest BCUT2D eigenvalue weighted by Crippen LogP contribution is 2.22. The number of anilines is 1. The quantitative estimate of drug-likeness (QED) is 0.554. The summed E-state index contributed by atoms with van der Waals surface area (Å²) in [5, 5.41) is 17.6. The molecule has 3 rings (SSSR count). The first-order valence-corrected chi connectivity index (χ1v) is 8.31. The molecule has 3 heterocycles. The Morgan fingerprint density at radius 3 is 2.91 bits per heavy atom. The summed E-state index contributed by atoms with van der Waals surface area (Å²) < 4.78 is 0.664. The second-order valence-corrected chi connectivity index (χ2v) is 6.54. The SMILES string of the molecule is Nc1nnc(SCC(=O)NCc2nc(-c3ccncc3)n[nH]2)s1. The Kier molecular flexibility index (Phi) is 4.78. The predicted molar refractivity (Wildman–Crippen MR) is 86.5 cm³/mol. The molecule has 118 valence electrons. The summed E-state index contributed by atoms with van der Waals surface area (Å²) in [5.74, 6) is 1.25. The Hall–Kier alpha value is -2.53. The van der Waals surface area contributed by atoms with Gasteiger partial charge >= 0.3 is 0 Å². The van der Waals surface area contributed by atoms with Crippen LogP contribution in [0.3, 0.4) is 0 Å². The van der Waals surface area contributed by atoms with Gasteiger partial charge in [-0.3, -0.25) is 14.9 Å². The molecular formula is C12H12N8OS2. The zero-order valence-electron chi connectivity index (χ0n) is 11.8.